The van der Waals surface area contributed by atoms with Crippen molar-refractivity contribution in [3.05, 3.63) is 35.2 Å². The number of urea groups is 1. The molecule has 0 unspecified atom stereocenters. The highest BCUT2D eigenvalue weighted by atomic mass is 19.4. The van der Waals surface area contributed by atoms with Gasteiger partial charge in [0.1, 0.15) is 0 Å². The van der Waals surface area contributed by atoms with Crippen molar-refractivity contribution in [2.24, 2.45) is 0 Å². The molecule has 2 aromatic rings. The third kappa shape index (κ3) is 4.26. The summed E-state index contributed by atoms with van der Waals surface area (Å²) in [4.78, 5) is 30.7. The molecule has 0 radical (unpaired) electrons. The number of alkyl halides is 3. The minimum absolute atomic E-state index is 0.00568. The topological polar surface area (TPSA) is 110 Å². The van der Waals surface area contributed by atoms with Crippen molar-refractivity contribution in [2.45, 2.75) is 56.5 Å². The molecule has 0 bridgehead atoms. The number of amides is 3. The van der Waals surface area contributed by atoms with Crippen molar-refractivity contribution < 1.29 is 32.0 Å². The number of ether oxygens (including phenoxy) is 1. The van der Waals surface area contributed by atoms with Crippen LogP contribution < -0.4 is 10.6 Å². The van der Waals surface area contributed by atoms with Crippen molar-refractivity contribution in [2.75, 3.05) is 13.2 Å². The second kappa shape index (κ2) is 8.32. The van der Waals surface area contributed by atoms with Gasteiger partial charge in [0.05, 0.1) is 31.3 Å². The van der Waals surface area contributed by atoms with Crippen molar-refractivity contribution >= 4 is 11.9 Å². The van der Waals surface area contributed by atoms with E-state index < -0.39 is 12.1 Å². The van der Waals surface area contributed by atoms with Crippen molar-refractivity contribution in [3.8, 4) is 11.4 Å². The normalized spacial score (nSPS) is 23.2. The van der Waals surface area contributed by atoms with Gasteiger partial charge < -0.3 is 24.8 Å². The summed E-state index contributed by atoms with van der Waals surface area (Å²) in [6.07, 6.45) is -1.34. The van der Waals surface area contributed by atoms with Gasteiger partial charge in [0.2, 0.25) is 5.82 Å². The number of aromatic nitrogens is 2. The highest BCUT2D eigenvalue weighted by Gasteiger charge is 2.40. The number of fused-ring (bicyclic) bond motifs is 1. The molecule has 12 heteroatoms. The molecule has 1 saturated heterocycles. The first-order valence-electron chi connectivity index (χ1n) is 10.8. The molecule has 0 spiro atoms. The van der Waals surface area contributed by atoms with Gasteiger partial charge in [-0.05, 0) is 24.5 Å². The monoisotopic (exact) mass is 465 g/mol. The Morgan fingerprint density at radius 3 is 2.64 bits per heavy atom. The highest BCUT2D eigenvalue weighted by Crippen LogP contribution is 2.34. The summed E-state index contributed by atoms with van der Waals surface area (Å²) in [7, 11) is 0. The van der Waals surface area contributed by atoms with Crippen LogP contribution in [0.5, 0.6) is 0 Å². The van der Waals surface area contributed by atoms with E-state index in [1.165, 1.54) is 6.07 Å². The standard InChI is InChI=1S/C21H22F3N5O4/c22-21(23,24)19-27-17(28-33-19)11-5-6-12-8-29(18(30)14(12)7-11)16-4-2-1-3-15(16)26-20(31)25-13-9-32-10-13/h5-7,13,15-16H,1-4,8-10H2,(H2,25,26,31)/t15-,16-/m1/s1. The Bertz CT molecular complexity index is 1070. The molecule has 3 amide bonds. The molecule has 2 N–H and O–H groups in total. The van der Waals surface area contributed by atoms with E-state index in [9.17, 15) is 22.8 Å². The molecule has 5 rings (SSSR count). The van der Waals surface area contributed by atoms with Crippen LogP contribution in [0.2, 0.25) is 0 Å². The predicted molar refractivity (Wildman–Crippen MR) is 107 cm³/mol. The summed E-state index contributed by atoms with van der Waals surface area (Å²) < 4.78 is 47.7. The molecule has 1 saturated carbocycles. The van der Waals surface area contributed by atoms with Crippen LogP contribution >= 0.6 is 0 Å². The average molecular weight is 465 g/mol. The Balaban J connectivity index is 1.32. The van der Waals surface area contributed by atoms with Crippen LogP contribution in [-0.2, 0) is 17.5 Å². The number of rotatable bonds is 4. The summed E-state index contributed by atoms with van der Waals surface area (Å²) in [5.74, 6) is -1.89. The van der Waals surface area contributed by atoms with E-state index in [0.29, 0.717) is 25.3 Å². The van der Waals surface area contributed by atoms with E-state index in [0.717, 1.165) is 31.2 Å². The Hall–Kier alpha value is -3.15. The van der Waals surface area contributed by atoms with Crippen LogP contribution in [0.25, 0.3) is 11.4 Å². The van der Waals surface area contributed by atoms with Crippen LogP contribution in [0.4, 0.5) is 18.0 Å². The zero-order chi connectivity index (χ0) is 23.2. The third-order valence-corrected chi connectivity index (χ3v) is 6.29. The number of halogens is 3. The Kier molecular flexibility index (Phi) is 5.47. The van der Waals surface area contributed by atoms with Gasteiger partial charge in [-0.1, -0.05) is 30.1 Å². The summed E-state index contributed by atoms with van der Waals surface area (Å²) in [5, 5.41) is 9.27. The predicted octanol–water partition coefficient (Wildman–Crippen LogP) is 2.72. The number of carbonyl (C=O) groups excluding carboxylic acids is 2. The van der Waals surface area contributed by atoms with Gasteiger partial charge >= 0.3 is 18.1 Å². The zero-order valence-electron chi connectivity index (χ0n) is 17.5. The molecular weight excluding hydrogens is 443 g/mol. The summed E-state index contributed by atoms with van der Waals surface area (Å²) >= 11 is 0. The number of hydrogen-bond acceptors (Lipinski definition) is 6. The lowest BCUT2D eigenvalue weighted by atomic mass is 9.89. The lowest BCUT2D eigenvalue weighted by molar-refractivity contribution is -0.159. The molecule has 1 aliphatic carbocycles. The Labute approximate surface area is 186 Å². The lowest BCUT2D eigenvalue weighted by Gasteiger charge is -2.38. The van der Waals surface area contributed by atoms with Crippen LogP contribution in [0.1, 0.15) is 47.5 Å². The number of benzene rings is 1. The van der Waals surface area contributed by atoms with E-state index >= 15 is 0 Å². The maximum atomic E-state index is 13.2. The summed E-state index contributed by atoms with van der Waals surface area (Å²) in [6, 6.07) is 4.13. The van der Waals surface area contributed by atoms with Gasteiger partial charge in [-0.3, -0.25) is 4.79 Å². The molecule has 2 atom stereocenters. The molecule has 1 aromatic carbocycles. The second-order valence-corrected chi connectivity index (χ2v) is 8.54. The molecule has 2 fully saturated rings. The van der Waals surface area contributed by atoms with Gasteiger partial charge in [-0.2, -0.15) is 18.2 Å². The molecule has 1 aromatic heterocycles. The molecule has 9 nitrogen and oxygen atoms in total. The fourth-order valence-corrected chi connectivity index (χ4v) is 4.55. The molecule has 3 heterocycles. The van der Waals surface area contributed by atoms with Crippen LogP contribution in [0, 0.1) is 0 Å². The summed E-state index contributed by atoms with van der Waals surface area (Å²) in [5.41, 5.74) is 1.43. The van der Waals surface area contributed by atoms with Crippen LogP contribution in [0.15, 0.2) is 22.7 Å². The Morgan fingerprint density at radius 2 is 1.94 bits per heavy atom. The van der Waals surface area contributed by atoms with E-state index in [1.807, 2.05) is 0 Å². The van der Waals surface area contributed by atoms with E-state index in [2.05, 4.69) is 25.3 Å². The minimum atomic E-state index is -4.74. The van der Waals surface area contributed by atoms with Crippen molar-refractivity contribution in [1.82, 2.24) is 25.7 Å². The first-order chi connectivity index (χ1) is 15.8. The van der Waals surface area contributed by atoms with Crippen molar-refractivity contribution in [3.63, 3.8) is 0 Å². The molecule has 3 aliphatic rings. The number of nitrogens with one attached hydrogen (secondary N) is 2. The fourth-order valence-electron chi connectivity index (χ4n) is 4.55. The minimum Gasteiger partial charge on any atom is -0.377 e. The first kappa shape index (κ1) is 21.7. The number of nitrogens with zero attached hydrogens (tertiary/aromatic N) is 3. The van der Waals surface area contributed by atoms with Gasteiger partial charge in [-0.15, -0.1) is 0 Å². The van der Waals surface area contributed by atoms with E-state index in [4.69, 9.17) is 4.74 Å². The highest BCUT2D eigenvalue weighted by molar-refractivity contribution is 5.99. The molecule has 2 aliphatic heterocycles. The lowest BCUT2D eigenvalue weighted by Crippen LogP contribution is -2.58. The molecule has 176 valence electrons. The SMILES string of the molecule is O=C(NC1COC1)N[C@@H]1CCCC[C@H]1N1Cc2ccc(-c3noc(C(F)(F)F)n3)cc2C1=O. The zero-order valence-corrected chi connectivity index (χ0v) is 17.5. The van der Waals surface area contributed by atoms with Gasteiger partial charge in [-0.25, -0.2) is 4.79 Å². The molecular formula is C21H22F3N5O4. The third-order valence-electron chi connectivity index (χ3n) is 6.29. The summed E-state index contributed by atoms with van der Waals surface area (Å²) in [6.45, 7) is 1.36. The fraction of sp³-hybridized carbons (Fsp3) is 0.524. The number of hydrogen-bond donors (Lipinski definition) is 2. The van der Waals surface area contributed by atoms with Gasteiger partial charge in [0, 0.05) is 17.7 Å². The smallest absolute Gasteiger partial charge is 0.377 e. The van der Waals surface area contributed by atoms with Gasteiger partial charge in [0.15, 0.2) is 0 Å². The van der Waals surface area contributed by atoms with Crippen LogP contribution in [-0.4, -0.2) is 58.3 Å². The largest absolute Gasteiger partial charge is 0.471 e. The molecule has 33 heavy (non-hydrogen) atoms. The van der Waals surface area contributed by atoms with Gasteiger partial charge in [0.25, 0.3) is 5.91 Å². The second-order valence-electron chi connectivity index (χ2n) is 8.54. The number of carbonyl (C=O) groups is 2. The van der Waals surface area contributed by atoms with E-state index in [-0.39, 0.29) is 41.5 Å². The Morgan fingerprint density at radius 1 is 1.15 bits per heavy atom. The maximum absolute atomic E-state index is 13.2. The van der Waals surface area contributed by atoms with E-state index in [1.54, 1.807) is 17.0 Å². The average Bonchev–Trinajstić information content (AvgIpc) is 3.37. The van der Waals surface area contributed by atoms with Crippen molar-refractivity contribution in [1.29, 1.82) is 0 Å². The maximum Gasteiger partial charge on any atom is 0.471 e. The quantitative estimate of drug-likeness (QED) is 0.719. The van der Waals surface area contributed by atoms with Crippen LogP contribution in [0.3, 0.4) is 0 Å². The first-order valence-corrected chi connectivity index (χ1v) is 10.8.